The van der Waals surface area contributed by atoms with Crippen LogP contribution >= 0.6 is 0 Å². The Kier molecular flexibility index (Phi) is 5.19. The van der Waals surface area contributed by atoms with Crippen LogP contribution in [0.1, 0.15) is 24.8 Å². The number of nitrogens with two attached hydrogens (primary N) is 1. The number of piperidine rings is 1. The number of nitrogens with one attached hydrogen (secondary N) is 1. The number of rotatable bonds is 4. The quantitative estimate of drug-likeness (QED) is 0.799. The van der Waals surface area contributed by atoms with Gasteiger partial charge in [0.25, 0.3) is 5.56 Å². The Balaban J connectivity index is 1.31. The highest BCUT2D eigenvalue weighted by Crippen LogP contribution is 2.17. The van der Waals surface area contributed by atoms with Crippen LogP contribution in [0.4, 0.5) is 17.7 Å². The molecule has 0 unspecified atom stereocenters. The predicted molar refractivity (Wildman–Crippen MR) is 105 cm³/mol. The van der Waals surface area contributed by atoms with Gasteiger partial charge in [-0.2, -0.15) is 4.98 Å². The number of aromatic nitrogens is 4. The molecule has 0 atom stereocenters. The van der Waals surface area contributed by atoms with Gasteiger partial charge in [0.1, 0.15) is 5.82 Å². The molecule has 0 amide bonds. The van der Waals surface area contributed by atoms with Gasteiger partial charge in [0.05, 0.1) is 0 Å². The summed E-state index contributed by atoms with van der Waals surface area (Å²) < 4.78 is 0. The minimum atomic E-state index is -0.217. The van der Waals surface area contributed by atoms with E-state index >= 15 is 0 Å². The second-order valence-corrected chi connectivity index (χ2v) is 7.19. The van der Waals surface area contributed by atoms with E-state index in [9.17, 15) is 4.79 Å². The molecule has 0 saturated carbocycles. The zero-order valence-corrected chi connectivity index (χ0v) is 15.5. The summed E-state index contributed by atoms with van der Waals surface area (Å²) in [5.74, 6) is 1.65. The lowest BCUT2D eigenvalue weighted by atomic mass is 10.1. The minimum absolute atomic E-state index is 0.158. The fourth-order valence-electron chi connectivity index (χ4n) is 3.71. The molecule has 4 rings (SSSR count). The molecule has 27 heavy (non-hydrogen) atoms. The molecule has 144 valence electrons. The summed E-state index contributed by atoms with van der Waals surface area (Å²) in [7, 11) is 0. The Morgan fingerprint density at radius 1 is 0.963 bits per heavy atom. The second-order valence-electron chi connectivity index (χ2n) is 7.19. The van der Waals surface area contributed by atoms with Gasteiger partial charge >= 0.3 is 0 Å². The molecule has 9 heteroatoms. The molecule has 2 aliphatic rings. The van der Waals surface area contributed by atoms with Crippen molar-refractivity contribution in [1.82, 2.24) is 24.8 Å². The third-order valence-corrected chi connectivity index (χ3v) is 5.18. The Bertz CT molecular complexity index is 807. The summed E-state index contributed by atoms with van der Waals surface area (Å²) >= 11 is 0. The van der Waals surface area contributed by atoms with Crippen molar-refractivity contribution in [2.24, 2.45) is 0 Å². The molecular formula is C18H26N8O. The summed E-state index contributed by atoms with van der Waals surface area (Å²) in [6.45, 7) is 6.35. The summed E-state index contributed by atoms with van der Waals surface area (Å²) in [5, 5.41) is 0. The zero-order chi connectivity index (χ0) is 18.6. The van der Waals surface area contributed by atoms with Crippen molar-refractivity contribution in [3.63, 3.8) is 0 Å². The fraction of sp³-hybridized carbons (Fsp3) is 0.556. The Hall–Kier alpha value is -2.68. The Morgan fingerprint density at radius 3 is 2.33 bits per heavy atom. The lowest BCUT2D eigenvalue weighted by Gasteiger charge is -2.35. The van der Waals surface area contributed by atoms with Crippen molar-refractivity contribution < 1.29 is 0 Å². The van der Waals surface area contributed by atoms with Crippen LogP contribution in [0.15, 0.2) is 23.3 Å². The van der Waals surface area contributed by atoms with Crippen molar-refractivity contribution in [2.75, 3.05) is 54.8 Å². The number of anilines is 3. The highest BCUT2D eigenvalue weighted by atomic mass is 16.1. The van der Waals surface area contributed by atoms with Gasteiger partial charge in [-0.3, -0.25) is 14.7 Å². The molecule has 3 N–H and O–H groups in total. The third kappa shape index (κ3) is 4.36. The first-order chi connectivity index (χ1) is 13.2. The van der Waals surface area contributed by atoms with Gasteiger partial charge in [0.15, 0.2) is 0 Å². The van der Waals surface area contributed by atoms with Crippen LogP contribution in [0.25, 0.3) is 0 Å². The molecular weight excluding hydrogens is 344 g/mol. The molecule has 2 aliphatic heterocycles. The summed E-state index contributed by atoms with van der Waals surface area (Å²) in [6.07, 6.45) is 7.65. The minimum Gasteiger partial charge on any atom is -0.369 e. The van der Waals surface area contributed by atoms with Crippen molar-refractivity contribution in [3.8, 4) is 0 Å². The van der Waals surface area contributed by atoms with E-state index in [4.69, 9.17) is 5.73 Å². The molecule has 0 spiro atoms. The maximum Gasteiger partial charge on any atom is 0.254 e. The maximum atomic E-state index is 11.6. The first kappa shape index (κ1) is 17.7. The number of hydrogen-bond donors (Lipinski definition) is 2. The highest BCUT2D eigenvalue weighted by molar-refractivity contribution is 5.41. The predicted octanol–water partition coefficient (Wildman–Crippen LogP) is 0.455. The van der Waals surface area contributed by atoms with E-state index in [0.29, 0.717) is 5.82 Å². The maximum absolute atomic E-state index is 11.6. The van der Waals surface area contributed by atoms with Crippen LogP contribution in [0.3, 0.4) is 0 Å². The van der Waals surface area contributed by atoms with Crippen LogP contribution in [0.2, 0.25) is 0 Å². The van der Waals surface area contributed by atoms with Crippen molar-refractivity contribution in [2.45, 2.75) is 25.8 Å². The average Bonchev–Trinajstić information content (AvgIpc) is 2.69. The van der Waals surface area contributed by atoms with E-state index in [1.165, 1.54) is 25.3 Å². The van der Waals surface area contributed by atoms with Crippen LogP contribution < -0.4 is 21.1 Å². The van der Waals surface area contributed by atoms with Crippen LogP contribution in [0, 0.1) is 0 Å². The standard InChI is InChI=1S/C18H26N8O/c19-17-22-15(10-16(27)23-17)25-8-6-24(7-9-25)13-14-11-20-18(21-12-14)26-4-2-1-3-5-26/h10-12H,1-9,13H2,(H3,19,22,23,27). The first-order valence-electron chi connectivity index (χ1n) is 9.57. The van der Waals surface area contributed by atoms with E-state index in [0.717, 1.165) is 57.3 Å². The van der Waals surface area contributed by atoms with Crippen LogP contribution in [-0.2, 0) is 6.54 Å². The van der Waals surface area contributed by atoms with E-state index in [1.54, 1.807) is 0 Å². The fourth-order valence-corrected chi connectivity index (χ4v) is 3.71. The Labute approximate surface area is 158 Å². The number of nitrogen functional groups attached to an aromatic ring is 1. The van der Waals surface area contributed by atoms with Crippen molar-refractivity contribution in [1.29, 1.82) is 0 Å². The number of nitrogens with zero attached hydrogens (tertiary/aromatic N) is 6. The van der Waals surface area contributed by atoms with E-state index < -0.39 is 0 Å². The van der Waals surface area contributed by atoms with Crippen molar-refractivity contribution in [3.05, 3.63) is 34.4 Å². The monoisotopic (exact) mass is 370 g/mol. The van der Waals surface area contributed by atoms with Crippen LogP contribution in [0.5, 0.6) is 0 Å². The van der Waals surface area contributed by atoms with Gasteiger partial charge in [-0.25, -0.2) is 9.97 Å². The molecule has 0 radical (unpaired) electrons. The lowest BCUT2D eigenvalue weighted by Crippen LogP contribution is -2.46. The van der Waals surface area contributed by atoms with E-state index in [1.807, 2.05) is 12.4 Å². The second kappa shape index (κ2) is 7.91. The lowest BCUT2D eigenvalue weighted by molar-refractivity contribution is 0.249. The molecule has 2 aromatic rings. The van der Waals surface area contributed by atoms with Gasteiger partial charge in [-0.05, 0) is 19.3 Å². The number of piperazine rings is 1. The molecule has 0 aromatic carbocycles. The van der Waals surface area contributed by atoms with Gasteiger partial charge < -0.3 is 15.5 Å². The Morgan fingerprint density at radius 2 is 1.67 bits per heavy atom. The number of hydrogen-bond acceptors (Lipinski definition) is 8. The zero-order valence-electron chi connectivity index (χ0n) is 15.5. The number of H-pyrrole nitrogens is 1. The highest BCUT2D eigenvalue weighted by Gasteiger charge is 2.19. The van der Waals surface area contributed by atoms with Crippen molar-refractivity contribution >= 4 is 17.7 Å². The molecule has 2 fully saturated rings. The summed E-state index contributed by atoms with van der Waals surface area (Å²) in [5.41, 5.74) is 6.55. The third-order valence-electron chi connectivity index (χ3n) is 5.18. The normalized spacial score (nSPS) is 18.7. The molecule has 2 aromatic heterocycles. The topological polar surface area (TPSA) is 107 Å². The summed E-state index contributed by atoms with van der Waals surface area (Å²) in [4.78, 5) is 34.1. The van der Waals surface area contributed by atoms with Gasteiger partial charge in [-0.1, -0.05) is 0 Å². The largest absolute Gasteiger partial charge is 0.369 e. The smallest absolute Gasteiger partial charge is 0.254 e. The number of aromatic amines is 1. The molecule has 9 nitrogen and oxygen atoms in total. The first-order valence-corrected chi connectivity index (χ1v) is 9.57. The van der Waals surface area contributed by atoms with Gasteiger partial charge in [0, 0.05) is 69.8 Å². The van der Waals surface area contributed by atoms with E-state index in [-0.39, 0.29) is 11.5 Å². The van der Waals surface area contributed by atoms with E-state index in [2.05, 4.69) is 34.6 Å². The summed E-state index contributed by atoms with van der Waals surface area (Å²) in [6, 6.07) is 1.50. The molecule has 0 aliphatic carbocycles. The van der Waals surface area contributed by atoms with Gasteiger partial charge in [-0.15, -0.1) is 0 Å². The molecule has 2 saturated heterocycles. The average molecular weight is 370 g/mol. The molecule has 0 bridgehead atoms. The van der Waals surface area contributed by atoms with Crippen LogP contribution in [-0.4, -0.2) is 64.1 Å². The van der Waals surface area contributed by atoms with Gasteiger partial charge in [0.2, 0.25) is 11.9 Å². The molecule has 4 heterocycles. The SMILES string of the molecule is Nc1nc(N2CCN(Cc3cnc(N4CCCCC4)nc3)CC2)cc(=O)[nH]1.